The SMILES string of the molecule is Cc1ccccn1.NC(=O)COc1cc(CN(CCc2ccccn2)C(=O)c2ccccc2Cl)ccc1OCc1ccccc1. The van der Waals surface area contributed by atoms with E-state index in [4.69, 9.17) is 26.8 Å². The van der Waals surface area contributed by atoms with E-state index in [2.05, 4.69) is 9.97 Å². The second-order valence-electron chi connectivity index (χ2n) is 10.1. The largest absolute Gasteiger partial charge is 0.485 e. The Morgan fingerprint density at radius 1 is 0.778 bits per heavy atom. The van der Waals surface area contributed by atoms with E-state index in [0.29, 0.717) is 41.7 Å². The van der Waals surface area contributed by atoms with Crippen LogP contribution in [0.1, 0.15) is 32.9 Å². The smallest absolute Gasteiger partial charge is 0.255 e. The van der Waals surface area contributed by atoms with E-state index in [1.807, 2.05) is 79.7 Å². The van der Waals surface area contributed by atoms with Crippen molar-refractivity contribution >= 4 is 23.4 Å². The topological polar surface area (TPSA) is 108 Å². The first-order chi connectivity index (χ1) is 21.9. The number of hydrogen-bond acceptors (Lipinski definition) is 6. The Bertz CT molecular complexity index is 1650. The Morgan fingerprint density at radius 3 is 2.13 bits per heavy atom. The highest BCUT2D eigenvalue weighted by Gasteiger charge is 2.20. The minimum atomic E-state index is -0.602. The van der Waals surface area contributed by atoms with E-state index < -0.39 is 5.91 Å². The second kappa shape index (κ2) is 17.2. The first-order valence-corrected chi connectivity index (χ1v) is 14.8. The van der Waals surface area contributed by atoms with Gasteiger partial charge in [0.05, 0.1) is 10.6 Å². The molecule has 2 aromatic heterocycles. The molecule has 0 saturated carbocycles. The number of aromatic nitrogens is 2. The van der Waals surface area contributed by atoms with Gasteiger partial charge in [-0.2, -0.15) is 0 Å². The van der Waals surface area contributed by atoms with Gasteiger partial charge in [0.15, 0.2) is 18.1 Å². The van der Waals surface area contributed by atoms with Crippen LogP contribution in [0.4, 0.5) is 0 Å². The van der Waals surface area contributed by atoms with Gasteiger partial charge in [0.1, 0.15) is 6.61 Å². The summed E-state index contributed by atoms with van der Waals surface area (Å²) in [6, 6.07) is 33.6. The van der Waals surface area contributed by atoms with Crippen LogP contribution in [0.25, 0.3) is 0 Å². The highest BCUT2D eigenvalue weighted by Crippen LogP contribution is 2.30. The lowest BCUT2D eigenvalue weighted by Crippen LogP contribution is -2.33. The maximum atomic E-state index is 13.5. The maximum Gasteiger partial charge on any atom is 0.255 e. The quantitative estimate of drug-likeness (QED) is 0.171. The number of hydrogen-bond donors (Lipinski definition) is 1. The predicted molar refractivity (Wildman–Crippen MR) is 175 cm³/mol. The predicted octanol–water partition coefficient (Wildman–Crippen LogP) is 6.45. The van der Waals surface area contributed by atoms with Crippen molar-refractivity contribution in [2.45, 2.75) is 26.5 Å². The Kier molecular flexibility index (Phi) is 12.5. The minimum absolute atomic E-state index is 0.199. The molecule has 45 heavy (non-hydrogen) atoms. The van der Waals surface area contributed by atoms with Gasteiger partial charge in [-0.05, 0) is 66.6 Å². The Labute approximate surface area is 268 Å². The molecule has 0 saturated heterocycles. The fraction of sp³-hybridized carbons (Fsp3) is 0.167. The Morgan fingerprint density at radius 2 is 1.49 bits per heavy atom. The van der Waals surface area contributed by atoms with Gasteiger partial charge in [-0.15, -0.1) is 0 Å². The zero-order valence-corrected chi connectivity index (χ0v) is 25.8. The molecule has 5 aromatic rings. The summed E-state index contributed by atoms with van der Waals surface area (Å²) in [5.41, 5.74) is 9.46. The van der Waals surface area contributed by atoms with Crippen molar-refractivity contribution < 1.29 is 19.1 Å². The van der Waals surface area contributed by atoms with Crippen LogP contribution in [0.3, 0.4) is 0 Å². The third-order valence-corrected chi connectivity index (χ3v) is 6.89. The maximum absolute atomic E-state index is 13.5. The van der Waals surface area contributed by atoms with E-state index in [0.717, 1.165) is 22.5 Å². The number of rotatable bonds is 12. The molecule has 0 aliphatic carbocycles. The molecule has 0 fully saturated rings. The average Bonchev–Trinajstić information content (AvgIpc) is 3.06. The number of halogens is 1. The Hall–Kier alpha value is -5.21. The molecule has 8 nitrogen and oxygen atoms in total. The van der Waals surface area contributed by atoms with Crippen molar-refractivity contribution in [2.75, 3.05) is 13.2 Å². The first kappa shape index (κ1) is 32.7. The van der Waals surface area contributed by atoms with Gasteiger partial charge in [0.25, 0.3) is 11.8 Å². The summed E-state index contributed by atoms with van der Waals surface area (Å²) in [6.07, 6.45) is 4.09. The van der Waals surface area contributed by atoms with Crippen molar-refractivity contribution in [2.24, 2.45) is 5.73 Å². The molecule has 0 bridgehead atoms. The molecular formula is C36H35ClN4O4. The van der Waals surface area contributed by atoms with Gasteiger partial charge < -0.3 is 20.1 Å². The van der Waals surface area contributed by atoms with Gasteiger partial charge in [0, 0.05) is 43.3 Å². The summed E-state index contributed by atoms with van der Waals surface area (Å²) in [5, 5.41) is 0.385. The molecule has 0 unspecified atom stereocenters. The van der Waals surface area contributed by atoms with Gasteiger partial charge in [-0.25, -0.2) is 0 Å². The monoisotopic (exact) mass is 622 g/mol. The average molecular weight is 623 g/mol. The summed E-state index contributed by atoms with van der Waals surface area (Å²) in [6.45, 7) is 2.70. The summed E-state index contributed by atoms with van der Waals surface area (Å²) >= 11 is 6.35. The molecular weight excluding hydrogens is 588 g/mol. The fourth-order valence-electron chi connectivity index (χ4n) is 4.29. The van der Waals surface area contributed by atoms with E-state index in [-0.39, 0.29) is 19.1 Å². The van der Waals surface area contributed by atoms with Gasteiger partial charge in [-0.3, -0.25) is 19.6 Å². The number of carbonyl (C=O) groups is 2. The molecule has 0 atom stereocenters. The van der Waals surface area contributed by atoms with Crippen LogP contribution < -0.4 is 15.2 Å². The fourth-order valence-corrected chi connectivity index (χ4v) is 4.51. The molecule has 2 amide bonds. The molecule has 9 heteroatoms. The lowest BCUT2D eigenvalue weighted by Gasteiger charge is -2.24. The van der Waals surface area contributed by atoms with Crippen LogP contribution in [-0.4, -0.2) is 39.8 Å². The van der Waals surface area contributed by atoms with E-state index in [9.17, 15) is 9.59 Å². The van der Waals surface area contributed by atoms with Crippen molar-refractivity contribution in [3.8, 4) is 11.5 Å². The molecule has 0 aliphatic heterocycles. The highest BCUT2D eigenvalue weighted by atomic mass is 35.5. The number of amides is 2. The highest BCUT2D eigenvalue weighted by molar-refractivity contribution is 6.33. The lowest BCUT2D eigenvalue weighted by molar-refractivity contribution is -0.119. The van der Waals surface area contributed by atoms with Crippen LogP contribution >= 0.6 is 11.6 Å². The third-order valence-electron chi connectivity index (χ3n) is 6.56. The van der Waals surface area contributed by atoms with Crippen molar-refractivity contribution in [1.82, 2.24) is 14.9 Å². The zero-order valence-electron chi connectivity index (χ0n) is 25.0. The number of carbonyl (C=O) groups excluding carboxylic acids is 2. The van der Waals surface area contributed by atoms with E-state index >= 15 is 0 Å². The van der Waals surface area contributed by atoms with Crippen molar-refractivity contribution in [3.05, 3.63) is 155 Å². The van der Waals surface area contributed by atoms with Gasteiger partial charge in [0.2, 0.25) is 0 Å². The molecule has 230 valence electrons. The van der Waals surface area contributed by atoms with Crippen LogP contribution in [-0.2, 0) is 24.4 Å². The summed E-state index contributed by atoms with van der Waals surface area (Å²) in [7, 11) is 0. The molecule has 5 rings (SSSR count). The second-order valence-corrected chi connectivity index (χ2v) is 10.5. The normalized spacial score (nSPS) is 10.3. The van der Waals surface area contributed by atoms with Crippen LogP contribution in [0.2, 0.25) is 5.02 Å². The van der Waals surface area contributed by atoms with Gasteiger partial charge >= 0.3 is 0 Å². The molecule has 2 heterocycles. The van der Waals surface area contributed by atoms with Crippen LogP contribution in [0, 0.1) is 6.92 Å². The molecule has 3 aromatic carbocycles. The van der Waals surface area contributed by atoms with Crippen molar-refractivity contribution in [1.29, 1.82) is 0 Å². The Balaban J connectivity index is 0.000000580. The van der Waals surface area contributed by atoms with E-state index in [1.165, 1.54) is 0 Å². The van der Waals surface area contributed by atoms with E-state index in [1.54, 1.807) is 53.7 Å². The molecule has 2 N–H and O–H groups in total. The molecule has 0 spiro atoms. The van der Waals surface area contributed by atoms with Crippen LogP contribution in [0.15, 0.2) is 122 Å². The first-order valence-electron chi connectivity index (χ1n) is 14.4. The molecule has 0 aliphatic rings. The van der Waals surface area contributed by atoms with Crippen LogP contribution in [0.5, 0.6) is 11.5 Å². The zero-order chi connectivity index (χ0) is 31.9. The third kappa shape index (κ3) is 10.8. The summed E-state index contributed by atoms with van der Waals surface area (Å²) in [4.78, 5) is 35.0. The molecule has 0 radical (unpaired) electrons. The number of benzene rings is 3. The standard InChI is InChI=1S/C30H28ClN3O4.C6H7N/c31-26-12-5-4-11-25(26)30(36)34(17-15-24-10-6-7-16-33-24)19-23-13-14-27(28(18-23)38-21-29(32)35)37-20-22-8-2-1-3-9-22;1-6-4-2-3-5-7-6/h1-14,16,18H,15,17,19-21H2,(H2,32,35);2-5H,1H3. The number of nitrogens with two attached hydrogens (primary N) is 1. The number of nitrogens with zero attached hydrogens (tertiary/aromatic N) is 3. The summed E-state index contributed by atoms with van der Waals surface area (Å²) < 4.78 is 11.6. The number of ether oxygens (including phenoxy) is 2. The minimum Gasteiger partial charge on any atom is -0.485 e. The lowest BCUT2D eigenvalue weighted by atomic mass is 10.1. The number of pyridine rings is 2. The van der Waals surface area contributed by atoms with Gasteiger partial charge in [-0.1, -0.05) is 72.3 Å². The van der Waals surface area contributed by atoms with Crippen molar-refractivity contribution in [3.63, 3.8) is 0 Å². The summed E-state index contributed by atoms with van der Waals surface area (Å²) in [5.74, 6) is 0.0363. The number of primary amides is 1. The number of aryl methyl sites for hydroxylation is 1.